The predicted molar refractivity (Wildman–Crippen MR) is 111 cm³/mol. The molecule has 0 unspecified atom stereocenters. The van der Waals surface area contributed by atoms with Gasteiger partial charge in [-0.25, -0.2) is 0 Å². The molecule has 1 aromatic carbocycles. The summed E-state index contributed by atoms with van der Waals surface area (Å²) in [6, 6.07) is 6.24. The topological polar surface area (TPSA) is 122 Å². The van der Waals surface area contributed by atoms with Crippen molar-refractivity contribution in [2.75, 3.05) is 18.0 Å². The molecule has 1 aromatic heterocycles. The standard InChI is InChI=1S/C20H26N6O4/c1-14-11-15(2)25(23-14)13-19(27)21-22-20(28)16-7-8-17(18(12-16)26(29)30)24-9-5-3-4-6-10-24/h7-8,11-12H,3-6,9-10,13H2,1-2H3,(H,21,27)(H,22,28). The fourth-order valence-corrected chi connectivity index (χ4v) is 3.60. The second-order valence-electron chi connectivity index (χ2n) is 7.45. The Kier molecular flexibility index (Phi) is 6.65. The summed E-state index contributed by atoms with van der Waals surface area (Å²) in [5.41, 5.74) is 6.76. The Bertz CT molecular complexity index is 947. The van der Waals surface area contributed by atoms with Gasteiger partial charge in [-0.15, -0.1) is 0 Å². The third-order valence-electron chi connectivity index (χ3n) is 5.09. The molecule has 0 bridgehead atoms. The Morgan fingerprint density at radius 3 is 2.40 bits per heavy atom. The van der Waals surface area contributed by atoms with Crippen LogP contribution in [-0.4, -0.2) is 39.6 Å². The summed E-state index contributed by atoms with van der Waals surface area (Å²) in [5, 5.41) is 15.8. The SMILES string of the molecule is Cc1cc(C)n(CC(=O)NNC(=O)c2ccc(N3CCCCCC3)c([N+](=O)[O-])c2)n1. The van der Waals surface area contributed by atoms with Crippen LogP contribution >= 0.6 is 0 Å². The quantitative estimate of drug-likeness (QED) is 0.571. The highest BCUT2D eigenvalue weighted by Gasteiger charge is 2.23. The summed E-state index contributed by atoms with van der Waals surface area (Å²) < 4.78 is 1.53. The molecule has 0 saturated carbocycles. The van der Waals surface area contributed by atoms with Gasteiger partial charge in [-0.1, -0.05) is 12.8 Å². The number of aryl methyl sites for hydroxylation is 2. The summed E-state index contributed by atoms with van der Waals surface area (Å²) in [5.74, 6) is -1.08. The van der Waals surface area contributed by atoms with E-state index in [9.17, 15) is 19.7 Å². The maximum Gasteiger partial charge on any atom is 0.293 e. The highest BCUT2D eigenvalue weighted by atomic mass is 16.6. The molecule has 1 saturated heterocycles. The zero-order valence-electron chi connectivity index (χ0n) is 17.2. The first kappa shape index (κ1) is 21.3. The molecule has 0 atom stereocenters. The fraction of sp³-hybridized carbons (Fsp3) is 0.450. The number of rotatable bonds is 5. The van der Waals surface area contributed by atoms with Crippen LogP contribution < -0.4 is 15.8 Å². The molecule has 2 amide bonds. The molecule has 0 spiro atoms. The van der Waals surface area contributed by atoms with Crippen LogP contribution in [0.2, 0.25) is 0 Å². The van der Waals surface area contributed by atoms with Crippen LogP contribution in [0.1, 0.15) is 47.4 Å². The van der Waals surface area contributed by atoms with Crippen molar-refractivity contribution >= 4 is 23.2 Å². The molecule has 2 N–H and O–H groups in total. The lowest BCUT2D eigenvalue weighted by Crippen LogP contribution is -2.43. The molecule has 0 radical (unpaired) electrons. The van der Waals surface area contributed by atoms with Crippen molar-refractivity contribution in [1.82, 2.24) is 20.6 Å². The first-order valence-electron chi connectivity index (χ1n) is 9.99. The number of nitro groups is 1. The molecule has 1 aliphatic rings. The second-order valence-corrected chi connectivity index (χ2v) is 7.45. The maximum absolute atomic E-state index is 12.4. The molecule has 30 heavy (non-hydrogen) atoms. The molecular weight excluding hydrogens is 388 g/mol. The fourth-order valence-electron chi connectivity index (χ4n) is 3.60. The smallest absolute Gasteiger partial charge is 0.293 e. The van der Waals surface area contributed by atoms with Crippen molar-refractivity contribution in [1.29, 1.82) is 0 Å². The van der Waals surface area contributed by atoms with E-state index in [2.05, 4.69) is 16.0 Å². The zero-order valence-corrected chi connectivity index (χ0v) is 17.2. The van der Waals surface area contributed by atoms with Crippen LogP contribution in [-0.2, 0) is 11.3 Å². The van der Waals surface area contributed by atoms with Crippen LogP contribution in [0.25, 0.3) is 0 Å². The van der Waals surface area contributed by atoms with Gasteiger partial charge in [0.2, 0.25) is 0 Å². The normalized spacial score (nSPS) is 14.1. The van der Waals surface area contributed by atoms with Crippen LogP contribution in [0.5, 0.6) is 0 Å². The first-order valence-corrected chi connectivity index (χ1v) is 9.99. The number of hydrazine groups is 1. The monoisotopic (exact) mass is 414 g/mol. The number of carbonyl (C=O) groups excluding carboxylic acids is 2. The summed E-state index contributed by atoms with van der Waals surface area (Å²) in [7, 11) is 0. The number of amides is 2. The minimum absolute atomic E-state index is 0.0476. The van der Waals surface area contributed by atoms with Crippen molar-refractivity contribution in [3.05, 3.63) is 51.3 Å². The molecule has 160 valence electrons. The summed E-state index contributed by atoms with van der Waals surface area (Å²) in [6.07, 6.45) is 4.20. The average molecular weight is 414 g/mol. The van der Waals surface area contributed by atoms with Gasteiger partial charge in [0.15, 0.2) is 0 Å². The number of nitrogens with zero attached hydrogens (tertiary/aromatic N) is 4. The Hall–Kier alpha value is -3.43. The second kappa shape index (κ2) is 9.38. The van der Waals surface area contributed by atoms with Gasteiger partial charge in [-0.2, -0.15) is 5.10 Å². The molecular formula is C20H26N6O4. The maximum atomic E-state index is 12.4. The zero-order chi connectivity index (χ0) is 21.7. The Labute approximate surface area is 174 Å². The minimum atomic E-state index is -0.623. The van der Waals surface area contributed by atoms with Gasteiger partial charge >= 0.3 is 0 Å². The van der Waals surface area contributed by atoms with Crippen molar-refractivity contribution in [3.63, 3.8) is 0 Å². The minimum Gasteiger partial charge on any atom is -0.366 e. The number of nitrogens with one attached hydrogen (secondary N) is 2. The molecule has 2 aromatic rings. The van der Waals surface area contributed by atoms with E-state index in [0.29, 0.717) is 5.69 Å². The predicted octanol–water partition coefficient (Wildman–Crippen LogP) is 2.25. The van der Waals surface area contributed by atoms with Gasteiger partial charge in [-0.3, -0.25) is 35.2 Å². The van der Waals surface area contributed by atoms with E-state index in [-0.39, 0.29) is 17.8 Å². The van der Waals surface area contributed by atoms with Crippen molar-refractivity contribution in [2.45, 2.75) is 46.1 Å². The number of hydrogen-bond acceptors (Lipinski definition) is 6. The number of anilines is 1. The molecule has 3 rings (SSSR count). The van der Waals surface area contributed by atoms with E-state index < -0.39 is 16.7 Å². The Morgan fingerprint density at radius 2 is 1.80 bits per heavy atom. The van der Waals surface area contributed by atoms with Gasteiger partial charge < -0.3 is 4.90 Å². The van der Waals surface area contributed by atoms with Crippen LogP contribution in [0.3, 0.4) is 0 Å². The van der Waals surface area contributed by atoms with Crippen LogP contribution in [0.4, 0.5) is 11.4 Å². The number of carbonyl (C=O) groups is 2. The first-order chi connectivity index (χ1) is 14.3. The Morgan fingerprint density at radius 1 is 1.10 bits per heavy atom. The molecule has 2 heterocycles. The van der Waals surface area contributed by atoms with E-state index in [4.69, 9.17) is 0 Å². The summed E-state index contributed by atoms with van der Waals surface area (Å²) >= 11 is 0. The van der Waals surface area contributed by atoms with Gasteiger partial charge in [0.1, 0.15) is 12.2 Å². The Balaban J connectivity index is 1.66. The molecule has 0 aliphatic carbocycles. The molecule has 1 fully saturated rings. The van der Waals surface area contributed by atoms with E-state index in [1.165, 1.54) is 16.8 Å². The van der Waals surface area contributed by atoms with Gasteiger partial charge in [0.05, 0.1) is 10.6 Å². The molecule has 10 heteroatoms. The van der Waals surface area contributed by atoms with Gasteiger partial charge in [0, 0.05) is 30.4 Å². The lowest BCUT2D eigenvalue weighted by Gasteiger charge is -2.22. The lowest BCUT2D eigenvalue weighted by atomic mass is 10.1. The summed E-state index contributed by atoms with van der Waals surface area (Å²) in [4.78, 5) is 37.6. The van der Waals surface area contributed by atoms with Crippen molar-refractivity contribution in [2.24, 2.45) is 0 Å². The van der Waals surface area contributed by atoms with Crippen LogP contribution in [0, 0.1) is 24.0 Å². The number of hydrogen-bond donors (Lipinski definition) is 2. The van der Waals surface area contributed by atoms with Crippen LogP contribution in [0.15, 0.2) is 24.3 Å². The number of nitro benzene ring substituents is 1. The van der Waals surface area contributed by atoms with E-state index in [1.54, 1.807) is 6.07 Å². The highest BCUT2D eigenvalue weighted by molar-refractivity contribution is 5.96. The summed E-state index contributed by atoms with van der Waals surface area (Å²) in [6.45, 7) is 5.12. The van der Waals surface area contributed by atoms with Crippen molar-refractivity contribution in [3.8, 4) is 0 Å². The number of benzene rings is 1. The van der Waals surface area contributed by atoms with Gasteiger partial charge in [-0.05, 0) is 44.9 Å². The van der Waals surface area contributed by atoms with E-state index in [0.717, 1.165) is 50.2 Å². The average Bonchev–Trinajstić information content (AvgIpc) is 2.90. The van der Waals surface area contributed by atoms with E-state index in [1.807, 2.05) is 24.8 Å². The lowest BCUT2D eigenvalue weighted by molar-refractivity contribution is -0.384. The van der Waals surface area contributed by atoms with Gasteiger partial charge in [0.25, 0.3) is 17.5 Å². The molecule has 10 nitrogen and oxygen atoms in total. The highest BCUT2D eigenvalue weighted by Crippen LogP contribution is 2.31. The third-order valence-corrected chi connectivity index (χ3v) is 5.09. The van der Waals surface area contributed by atoms with Crippen molar-refractivity contribution < 1.29 is 14.5 Å². The van der Waals surface area contributed by atoms with E-state index >= 15 is 0 Å². The largest absolute Gasteiger partial charge is 0.366 e. The number of aromatic nitrogens is 2. The third kappa shape index (κ3) is 5.13. The molecule has 1 aliphatic heterocycles.